The molecule has 1 rings (SSSR count). The van der Waals surface area contributed by atoms with E-state index >= 15 is 0 Å². The van der Waals surface area contributed by atoms with Crippen molar-refractivity contribution in [1.82, 2.24) is 10.6 Å². The fourth-order valence-electron chi connectivity index (χ4n) is 1.96. The maximum atomic E-state index is 10.3. The fourth-order valence-corrected chi connectivity index (χ4v) is 2.75. The number of rotatable bonds is 8. The lowest BCUT2D eigenvalue weighted by Gasteiger charge is -2.23. The van der Waals surface area contributed by atoms with E-state index in [4.69, 9.17) is 0 Å². The summed E-state index contributed by atoms with van der Waals surface area (Å²) in [7, 11) is 0. The Morgan fingerprint density at radius 3 is 2.57 bits per heavy atom. The van der Waals surface area contributed by atoms with Gasteiger partial charge in [-0.15, -0.1) is 11.3 Å². The van der Waals surface area contributed by atoms with Crippen LogP contribution in [0.3, 0.4) is 0 Å². The molecule has 1 aromatic rings. The third-order valence-corrected chi connectivity index (χ3v) is 4.90. The zero-order valence-electron chi connectivity index (χ0n) is 13.6. The Morgan fingerprint density at radius 2 is 2.05 bits per heavy atom. The molecule has 1 unspecified atom stereocenters. The van der Waals surface area contributed by atoms with E-state index in [9.17, 15) is 5.11 Å². The minimum absolute atomic E-state index is 0.433. The van der Waals surface area contributed by atoms with Gasteiger partial charge in [-0.25, -0.2) is 0 Å². The summed E-state index contributed by atoms with van der Waals surface area (Å²) in [6, 6.07) is 4.24. The van der Waals surface area contributed by atoms with Gasteiger partial charge >= 0.3 is 0 Å². The minimum atomic E-state index is -0.693. The zero-order valence-corrected chi connectivity index (χ0v) is 14.5. The quantitative estimate of drug-likeness (QED) is 0.511. The molecule has 5 heteroatoms. The molecule has 0 aliphatic rings. The van der Waals surface area contributed by atoms with Gasteiger partial charge in [0.2, 0.25) is 0 Å². The lowest BCUT2D eigenvalue weighted by molar-refractivity contribution is 0.0418. The van der Waals surface area contributed by atoms with Gasteiger partial charge in [0.1, 0.15) is 0 Å². The summed E-state index contributed by atoms with van der Waals surface area (Å²) in [6.45, 7) is 10.3. The SMILES string of the molecule is CCNC(=NCC(O)(CC)CC)NCC(C)c1cccs1. The van der Waals surface area contributed by atoms with Gasteiger partial charge in [0.15, 0.2) is 5.96 Å². The number of nitrogens with one attached hydrogen (secondary N) is 2. The van der Waals surface area contributed by atoms with Gasteiger partial charge in [-0.2, -0.15) is 0 Å². The molecule has 1 atom stereocenters. The molecule has 0 saturated heterocycles. The van der Waals surface area contributed by atoms with Crippen LogP contribution in [0, 0.1) is 0 Å². The molecule has 0 bridgehead atoms. The molecule has 0 radical (unpaired) electrons. The van der Waals surface area contributed by atoms with Crippen molar-refractivity contribution in [2.45, 2.75) is 52.1 Å². The molecule has 0 amide bonds. The van der Waals surface area contributed by atoms with E-state index in [2.05, 4.69) is 40.1 Å². The van der Waals surface area contributed by atoms with Crippen LogP contribution in [-0.2, 0) is 0 Å². The van der Waals surface area contributed by atoms with Crippen molar-refractivity contribution in [3.8, 4) is 0 Å². The summed E-state index contributed by atoms with van der Waals surface area (Å²) in [5.74, 6) is 1.23. The van der Waals surface area contributed by atoms with E-state index in [1.807, 2.05) is 20.8 Å². The molecular weight excluding hydrogens is 282 g/mol. The van der Waals surface area contributed by atoms with Gasteiger partial charge in [0.25, 0.3) is 0 Å². The monoisotopic (exact) mass is 311 g/mol. The Bertz CT molecular complexity index is 413. The molecular formula is C16H29N3OS. The molecule has 120 valence electrons. The van der Waals surface area contributed by atoms with Crippen LogP contribution < -0.4 is 10.6 Å². The van der Waals surface area contributed by atoms with E-state index < -0.39 is 5.60 Å². The number of thiophene rings is 1. The highest BCUT2D eigenvalue weighted by Crippen LogP contribution is 2.19. The molecule has 0 aromatic carbocycles. The zero-order chi connectivity index (χ0) is 15.7. The number of hydrogen-bond donors (Lipinski definition) is 3. The maximum Gasteiger partial charge on any atom is 0.191 e. The molecule has 21 heavy (non-hydrogen) atoms. The number of hydrogen-bond acceptors (Lipinski definition) is 3. The molecule has 0 aliphatic heterocycles. The average Bonchev–Trinajstić information content (AvgIpc) is 3.03. The van der Waals surface area contributed by atoms with Crippen molar-refractivity contribution < 1.29 is 5.11 Å². The summed E-state index contributed by atoms with van der Waals surface area (Å²) >= 11 is 1.78. The van der Waals surface area contributed by atoms with Crippen LogP contribution in [0.5, 0.6) is 0 Å². The molecule has 0 spiro atoms. The van der Waals surface area contributed by atoms with E-state index in [0.29, 0.717) is 12.5 Å². The predicted octanol–water partition coefficient (Wildman–Crippen LogP) is 2.96. The summed E-state index contributed by atoms with van der Waals surface area (Å²) in [6.07, 6.45) is 1.44. The minimum Gasteiger partial charge on any atom is -0.388 e. The predicted molar refractivity (Wildman–Crippen MR) is 92.2 cm³/mol. The second kappa shape index (κ2) is 9.05. The summed E-state index contributed by atoms with van der Waals surface area (Å²) in [4.78, 5) is 5.90. The number of aliphatic imine (C=N–C) groups is 1. The Morgan fingerprint density at radius 1 is 1.33 bits per heavy atom. The van der Waals surface area contributed by atoms with Crippen molar-refractivity contribution in [3.63, 3.8) is 0 Å². The first kappa shape index (κ1) is 18.0. The van der Waals surface area contributed by atoms with Crippen LogP contribution in [-0.4, -0.2) is 36.3 Å². The van der Waals surface area contributed by atoms with Gasteiger partial charge in [-0.1, -0.05) is 26.8 Å². The van der Waals surface area contributed by atoms with Gasteiger partial charge in [-0.3, -0.25) is 4.99 Å². The molecule has 0 fully saturated rings. The number of guanidine groups is 1. The van der Waals surface area contributed by atoms with E-state index in [-0.39, 0.29) is 0 Å². The summed E-state index contributed by atoms with van der Waals surface area (Å²) in [5.41, 5.74) is -0.693. The normalized spacial score (nSPS) is 14.0. The fraction of sp³-hybridized carbons (Fsp3) is 0.688. The highest BCUT2D eigenvalue weighted by atomic mass is 32.1. The van der Waals surface area contributed by atoms with Crippen molar-refractivity contribution in [1.29, 1.82) is 0 Å². The van der Waals surface area contributed by atoms with Crippen molar-refractivity contribution >= 4 is 17.3 Å². The van der Waals surface area contributed by atoms with Crippen LogP contribution in [0.1, 0.15) is 51.3 Å². The Balaban J connectivity index is 2.56. The van der Waals surface area contributed by atoms with Crippen LogP contribution in [0.15, 0.2) is 22.5 Å². The molecule has 1 heterocycles. The smallest absolute Gasteiger partial charge is 0.191 e. The van der Waals surface area contributed by atoms with Gasteiger partial charge in [0, 0.05) is 23.9 Å². The topological polar surface area (TPSA) is 56.7 Å². The summed E-state index contributed by atoms with van der Waals surface area (Å²) < 4.78 is 0. The molecule has 1 aromatic heterocycles. The highest BCUT2D eigenvalue weighted by Gasteiger charge is 2.21. The van der Waals surface area contributed by atoms with Crippen LogP contribution in [0.4, 0.5) is 0 Å². The maximum absolute atomic E-state index is 10.3. The molecule has 0 aliphatic carbocycles. The van der Waals surface area contributed by atoms with Crippen LogP contribution >= 0.6 is 11.3 Å². The van der Waals surface area contributed by atoms with Crippen molar-refractivity contribution in [2.75, 3.05) is 19.6 Å². The largest absolute Gasteiger partial charge is 0.388 e. The third-order valence-electron chi connectivity index (χ3n) is 3.80. The third kappa shape index (κ3) is 6.06. The average molecular weight is 311 g/mol. The van der Waals surface area contributed by atoms with Crippen LogP contribution in [0.25, 0.3) is 0 Å². The van der Waals surface area contributed by atoms with Crippen molar-refractivity contribution in [2.24, 2.45) is 4.99 Å². The summed E-state index contributed by atoms with van der Waals surface area (Å²) in [5, 5.41) is 19.0. The lowest BCUT2D eigenvalue weighted by atomic mass is 9.98. The second-order valence-electron chi connectivity index (χ2n) is 5.42. The van der Waals surface area contributed by atoms with E-state index in [1.54, 1.807) is 11.3 Å². The first-order chi connectivity index (χ1) is 10.0. The van der Waals surface area contributed by atoms with E-state index in [0.717, 1.165) is 31.9 Å². The van der Waals surface area contributed by atoms with Gasteiger partial charge in [-0.05, 0) is 31.2 Å². The molecule has 0 saturated carbocycles. The highest BCUT2D eigenvalue weighted by molar-refractivity contribution is 7.10. The first-order valence-corrected chi connectivity index (χ1v) is 8.70. The van der Waals surface area contributed by atoms with E-state index in [1.165, 1.54) is 4.88 Å². The van der Waals surface area contributed by atoms with Crippen molar-refractivity contribution in [3.05, 3.63) is 22.4 Å². The first-order valence-electron chi connectivity index (χ1n) is 7.82. The Hall–Kier alpha value is -1.07. The molecule has 4 nitrogen and oxygen atoms in total. The lowest BCUT2D eigenvalue weighted by Crippen LogP contribution is -2.41. The van der Waals surface area contributed by atoms with Gasteiger partial charge < -0.3 is 15.7 Å². The second-order valence-corrected chi connectivity index (χ2v) is 6.40. The molecule has 3 N–H and O–H groups in total. The number of nitrogens with zero attached hydrogens (tertiary/aromatic N) is 1. The van der Waals surface area contributed by atoms with Crippen LogP contribution in [0.2, 0.25) is 0 Å². The Labute approximate surface area is 132 Å². The number of aliphatic hydroxyl groups is 1. The van der Waals surface area contributed by atoms with Gasteiger partial charge in [0.05, 0.1) is 12.1 Å². The Kier molecular flexibility index (Phi) is 7.75. The standard InChI is InChI=1S/C16H29N3OS/c1-5-16(20,6-2)12-19-15(17-7-3)18-11-13(4)14-9-8-10-21-14/h8-10,13,20H,5-7,11-12H2,1-4H3,(H2,17,18,19).